The molecule has 3 heterocycles. The summed E-state index contributed by atoms with van der Waals surface area (Å²) in [7, 11) is 0. The highest BCUT2D eigenvalue weighted by molar-refractivity contribution is 5.59. The molecule has 2 aliphatic heterocycles. The van der Waals surface area contributed by atoms with Gasteiger partial charge >= 0.3 is 0 Å². The summed E-state index contributed by atoms with van der Waals surface area (Å²) in [6.07, 6.45) is 8.41. The lowest BCUT2D eigenvalue weighted by Gasteiger charge is -2.44. The molecule has 0 amide bonds. The molecule has 2 fully saturated rings. The van der Waals surface area contributed by atoms with Crippen molar-refractivity contribution in [1.82, 2.24) is 14.9 Å². The fourth-order valence-electron chi connectivity index (χ4n) is 4.52. The molecule has 2 atom stereocenters. The number of fused-ring (bicyclic) bond motifs is 1. The highest BCUT2D eigenvalue weighted by Crippen LogP contribution is 2.31. The molecule has 2 N–H and O–H groups in total. The maximum atomic E-state index is 9.21. The lowest BCUT2D eigenvalue weighted by molar-refractivity contribution is 0.0649. The van der Waals surface area contributed by atoms with Crippen LogP contribution in [0.25, 0.3) is 0 Å². The van der Waals surface area contributed by atoms with Gasteiger partial charge in [-0.15, -0.1) is 0 Å². The van der Waals surface area contributed by atoms with Crippen LogP contribution in [0.5, 0.6) is 0 Å². The smallest absolute Gasteiger partial charge is 0.229 e. The second-order valence-corrected chi connectivity index (χ2v) is 7.91. The van der Waals surface area contributed by atoms with Gasteiger partial charge in [-0.2, -0.15) is 10.2 Å². The molecule has 0 spiro atoms. The number of nitrogens with one attached hydrogen (secondary N) is 2. The largest absolute Gasteiger partial charge is 0.370 e. The Morgan fingerprint density at radius 3 is 2.96 bits per heavy atom. The van der Waals surface area contributed by atoms with E-state index in [0.29, 0.717) is 17.4 Å². The topological polar surface area (TPSA) is 76.9 Å². The van der Waals surface area contributed by atoms with E-state index < -0.39 is 0 Å². The molecule has 6 nitrogen and oxygen atoms in total. The number of nitriles is 1. The van der Waals surface area contributed by atoms with E-state index in [4.69, 9.17) is 0 Å². The maximum Gasteiger partial charge on any atom is 0.229 e. The summed E-state index contributed by atoms with van der Waals surface area (Å²) < 4.78 is 0. The monoisotopic (exact) mass is 376 g/mol. The summed E-state index contributed by atoms with van der Waals surface area (Å²) in [4.78, 5) is 11.6. The van der Waals surface area contributed by atoms with Crippen LogP contribution in [0.1, 0.15) is 43.2 Å². The first kappa shape index (κ1) is 18.7. The van der Waals surface area contributed by atoms with Gasteiger partial charge in [0.2, 0.25) is 5.95 Å². The standard InChI is InChI=1S/C22H28N6/c1-16-7-8-19(13-18(16)14-23)26-22-24-10-9-21(27-22)25-15-17-5-4-12-28-11-3-2-6-20(17)28/h7-10,13,17,20H,2-6,11-12,15H2,1H3,(H2,24,25,26,27). The van der Waals surface area contributed by atoms with E-state index in [2.05, 4.69) is 31.6 Å². The van der Waals surface area contributed by atoms with Crippen molar-refractivity contribution < 1.29 is 0 Å². The zero-order valence-electron chi connectivity index (χ0n) is 16.5. The van der Waals surface area contributed by atoms with Gasteiger partial charge in [-0.25, -0.2) is 4.98 Å². The van der Waals surface area contributed by atoms with Crippen LogP contribution >= 0.6 is 0 Å². The minimum Gasteiger partial charge on any atom is -0.370 e. The molecule has 2 saturated heterocycles. The molecular formula is C22H28N6. The quantitative estimate of drug-likeness (QED) is 0.819. The molecule has 28 heavy (non-hydrogen) atoms. The predicted molar refractivity (Wildman–Crippen MR) is 112 cm³/mol. The highest BCUT2D eigenvalue weighted by atomic mass is 15.2. The van der Waals surface area contributed by atoms with Crippen molar-refractivity contribution in [3.8, 4) is 6.07 Å². The second kappa shape index (κ2) is 8.57. The molecule has 2 aromatic rings. The lowest BCUT2D eigenvalue weighted by atomic mass is 9.83. The van der Waals surface area contributed by atoms with E-state index in [1.54, 1.807) is 6.20 Å². The van der Waals surface area contributed by atoms with Gasteiger partial charge in [-0.05, 0) is 75.4 Å². The minimum absolute atomic E-state index is 0.542. The number of anilines is 3. The summed E-state index contributed by atoms with van der Waals surface area (Å²) >= 11 is 0. The van der Waals surface area contributed by atoms with Crippen LogP contribution in [0.3, 0.4) is 0 Å². The Labute approximate surface area is 167 Å². The molecule has 2 unspecified atom stereocenters. The third kappa shape index (κ3) is 4.26. The van der Waals surface area contributed by atoms with Gasteiger partial charge in [0.15, 0.2) is 0 Å². The average Bonchev–Trinajstić information content (AvgIpc) is 2.74. The highest BCUT2D eigenvalue weighted by Gasteiger charge is 2.32. The zero-order chi connectivity index (χ0) is 19.3. The van der Waals surface area contributed by atoms with Gasteiger partial charge in [0, 0.05) is 24.5 Å². The van der Waals surface area contributed by atoms with E-state index >= 15 is 0 Å². The van der Waals surface area contributed by atoms with Crippen LogP contribution in [0.2, 0.25) is 0 Å². The normalized spacial score (nSPS) is 22.1. The second-order valence-electron chi connectivity index (χ2n) is 7.91. The van der Waals surface area contributed by atoms with Crippen LogP contribution in [-0.4, -0.2) is 40.5 Å². The molecule has 0 saturated carbocycles. The third-order valence-corrected chi connectivity index (χ3v) is 6.04. The molecule has 2 aliphatic rings. The van der Waals surface area contributed by atoms with E-state index in [1.165, 1.54) is 45.2 Å². The van der Waals surface area contributed by atoms with Crippen molar-refractivity contribution in [2.75, 3.05) is 30.3 Å². The van der Waals surface area contributed by atoms with E-state index in [-0.39, 0.29) is 0 Å². The first-order valence-corrected chi connectivity index (χ1v) is 10.3. The number of hydrogen-bond acceptors (Lipinski definition) is 6. The number of aromatic nitrogens is 2. The van der Waals surface area contributed by atoms with Crippen LogP contribution in [0.15, 0.2) is 30.5 Å². The Balaban J connectivity index is 1.39. The summed E-state index contributed by atoms with van der Waals surface area (Å²) in [6, 6.07) is 10.6. The van der Waals surface area contributed by atoms with E-state index in [1.807, 2.05) is 31.2 Å². The summed E-state index contributed by atoms with van der Waals surface area (Å²) in [6.45, 7) is 5.43. The van der Waals surface area contributed by atoms with Crippen LogP contribution in [0, 0.1) is 24.2 Å². The van der Waals surface area contributed by atoms with Crippen molar-refractivity contribution in [2.45, 2.75) is 45.1 Å². The van der Waals surface area contributed by atoms with Crippen LogP contribution in [0.4, 0.5) is 17.5 Å². The van der Waals surface area contributed by atoms with Crippen molar-refractivity contribution in [3.63, 3.8) is 0 Å². The SMILES string of the molecule is Cc1ccc(Nc2nccc(NCC3CCCN4CCCCC34)n2)cc1C#N. The molecule has 1 aromatic carbocycles. The first-order valence-electron chi connectivity index (χ1n) is 10.3. The lowest BCUT2D eigenvalue weighted by Crippen LogP contribution is -2.49. The first-order chi connectivity index (χ1) is 13.7. The van der Waals surface area contributed by atoms with Crippen molar-refractivity contribution in [2.24, 2.45) is 5.92 Å². The van der Waals surface area contributed by atoms with E-state index in [9.17, 15) is 5.26 Å². The molecule has 0 radical (unpaired) electrons. The number of hydrogen-bond donors (Lipinski definition) is 2. The van der Waals surface area contributed by atoms with Crippen molar-refractivity contribution >= 4 is 17.5 Å². The molecule has 0 bridgehead atoms. The molecule has 1 aromatic heterocycles. The minimum atomic E-state index is 0.542. The fourth-order valence-corrected chi connectivity index (χ4v) is 4.52. The maximum absolute atomic E-state index is 9.21. The predicted octanol–water partition coefficient (Wildman–Crippen LogP) is 4.08. The fraction of sp³-hybridized carbons (Fsp3) is 0.500. The van der Waals surface area contributed by atoms with Crippen LogP contribution < -0.4 is 10.6 Å². The van der Waals surface area contributed by atoms with Gasteiger partial charge in [0.25, 0.3) is 0 Å². The Hall–Kier alpha value is -2.65. The van der Waals surface area contributed by atoms with Gasteiger partial charge in [0.05, 0.1) is 11.6 Å². The molecular weight excluding hydrogens is 348 g/mol. The Morgan fingerprint density at radius 2 is 2.07 bits per heavy atom. The Bertz CT molecular complexity index is 856. The molecule has 4 rings (SSSR count). The molecule has 0 aliphatic carbocycles. The number of benzene rings is 1. The van der Waals surface area contributed by atoms with E-state index in [0.717, 1.165) is 29.7 Å². The van der Waals surface area contributed by atoms with Gasteiger partial charge < -0.3 is 15.5 Å². The number of piperidine rings is 2. The summed E-state index contributed by atoms with van der Waals surface area (Å²) in [5, 5.41) is 15.9. The van der Waals surface area contributed by atoms with Crippen molar-refractivity contribution in [3.05, 3.63) is 41.6 Å². The number of aryl methyl sites for hydroxylation is 1. The Kier molecular flexibility index (Phi) is 5.73. The van der Waals surface area contributed by atoms with Crippen molar-refractivity contribution in [1.29, 1.82) is 5.26 Å². The molecule has 6 heteroatoms. The summed E-state index contributed by atoms with van der Waals surface area (Å²) in [5.74, 6) is 2.08. The van der Waals surface area contributed by atoms with Gasteiger partial charge in [-0.3, -0.25) is 0 Å². The Morgan fingerprint density at radius 1 is 1.18 bits per heavy atom. The van der Waals surface area contributed by atoms with Gasteiger partial charge in [0.1, 0.15) is 5.82 Å². The number of nitrogens with zero attached hydrogens (tertiary/aromatic N) is 4. The third-order valence-electron chi connectivity index (χ3n) is 6.04. The molecule has 146 valence electrons. The summed E-state index contributed by atoms with van der Waals surface area (Å²) in [5.41, 5.74) is 2.45. The van der Waals surface area contributed by atoms with Gasteiger partial charge in [-0.1, -0.05) is 12.5 Å². The zero-order valence-corrected chi connectivity index (χ0v) is 16.5. The number of rotatable bonds is 5. The average molecular weight is 377 g/mol. The van der Waals surface area contributed by atoms with Crippen LogP contribution in [-0.2, 0) is 0 Å².